The van der Waals surface area contributed by atoms with Crippen LogP contribution in [0.15, 0.2) is 15.8 Å². The quantitative estimate of drug-likeness (QED) is 0.833. The molecule has 0 aliphatic heterocycles. The second-order valence-electron chi connectivity index (χ2n) is 5.73. The second kappa shape index (κ2) is 7.13. The van der Waals surface area contributed by atoms with Crippen molar-refractivity contribution in [1.82, 2.24) is 14.9 Å². The van der Waals surface area contributed by atoms with Gasteiger partial charge in [0.15, 0.2) is 0 Å². The fraction of sp³-hybridized carbons (Fsp3) is 0.714. The minimum Gasteiger partial charge on any atom is -0.310 e. The van der Waals surface area contributed by atoms with E-state index in [-0.39, 0.29) is 18.2 Å². The molecule has 22 heavy (non-hydrogen) atoms. The number of halogens is 3. The van der Waals surface area contributed by atoms with Gasteiger partial charge in [-0.3, -0.25) is 14.3 Å². The molecule has 2 N–H and O–H groups in total. The zero-order chi connectivity index (χ0) is 16.2. The number of alkyl halides is 3. The molecule has 124 valence electrons. The highest BCUT2D eigenvalue weighted by molar-refractivity contribution is 5.04. The monoisotopic (exact) mass is 319 g/mol. The summed E-state index contributed by atoms with van der Waals surface area (Å²) in [6, 6.07) is 0.268. The van der Waals surface area contributed by atoms with Crippen molar-refractivity contribution in [2.75, 3.05) is 0 Å². The summed E-state index contributed by atoms with van der Waals surface area (Å²) in [7, 11) is 0. The van der Waals surface area contributed by atoms with Crippen molar-refractivity contribution in [3.05, 3.63) is 32.6 Å². The number of rotatable bonds is 4. The topological polar surface area (TPSA) is 66.9 Å². The molecule has 1 saturated carbocycles. The molecule has 0 unspecified atom stereocenters. The number of nitrogens with zero attached hydrogens (tertiary/aromatic N) is 1. The molecular weight excluding hydrogens is 299 g/mol. The molecule has 0 saturated heterocycles. The largest absolute Gasteiger partial charge is 0.406 e. The number of H-pyrrole nitrogens is 1. The molecule has 8 heteroatoms. The number of aromatic nitrogens is 2. The first-order chi connectivity index (χ1) is 10.3. The lowest BCUT2D eigenvalue weighted by Crippen LogP contribution is -2.37. The highest BCUT2D eigenvalue weighted by Gasteiger charge is 2.28. The normalized spacial score (nSPS) is 17.4. The molecule has 1 aliphatic carbocycles. The fourth-order valence-corrected chi connectivity index (χ4v) is 2.73. The van der Waals surface area contributed by atoms with Crippen LogP contribution in [-0.4, -0.2) is 21.8 Å². The van der Waals surface area contributed by atoms with E-state index in [0.717, 1.165) is 31.9 Å². The van der Waals surface area contributed by atoms with Crippen LogP contribution in [0.3, 0.4) is 0 Å². The third kappa shape index (κ3) is 5.01. The molecule has 2 rings (SSSR count). The van der Waals surface area contributed by atoms with Crippen molar-refractivity contribution < 1.29 is 13.2 Å². The highest BCUT2D eigenvalue weighted by Crippen LogP contribution is 2.18. The number of hydrogen-bond donors (Lipinski definition) is 2. The maximum Gasteiger partial charge on any atom is 0.406 e. The Kier molecular flexibility index (Phi) is 5.44. The first-order valence-electron chi connectivity index (χ1n) is 7.48. The maximum absolute atomic E-state index is 12.4. The Morgan fingerprint density at radius 3 is 2.41 bits per heavy atom. The molecule has 1 fully saturated rings. The van der Waals surface area contributed by atoms with Crippen LogP contribution < -0.4 is 16.6 Å². The van der Waals surface area contributed by atoms with Crippen LogP contribution in [0.1, 0.15) is 44.1 Å². The molecule has 0 aromatic carbocycles. The molecule has 0 radical (unpaired) electrons. The first-order valence-corrected chi connectivity index (χ1v) is 7.48. The third-order valence-electron chi connectivity index (χ3n) is 3.87. The van der Waals surface area contributed by atoms with Crippen LogP contribution in [0.4, 0.5) is 13.2 Å². The Labute approximate surface area is 125 Å². The Hall–Kier alpha value is -1.57. The summed E-state index contributed by atoms with van der Waals surface area (Å²) in [6.45, 7) is -1.24. The van der Waals surface area contributed by atoms with E-state index in [0.29, 0.717) is 4.57 Å². The number of hydrogen-bond acceptors (Lipinski definition) is 3. The zero-order valence-electron chi connectivity index (χ0n) is 12.2. The zero-order valence-corrected chi connectivity index (χ0v) is 12.2. The van der Waals surface area contributed by atoms with Gasteiger partial charge in [0.25, 0.3) is 5.56 Å². The summed E-state index contributed by atoms with van der Waals surface area (Å²) >= 11 is 0. The standard InChI is InChI=1S/C14H20F3N3O2/c15-14(16,17)9-20-8-10(12(21)19-13(20)22)7-18-11-5-3-1-2-4-6-11/h8,11,18H,1-7,9H2,(H,19,21,22). The first kappa shape index (κ1) is 16.8. The fourth-order valence-electron chi connectivity index (χ4n) is 2.73. The summed E-state index contributed by atoms with van der Waals surface area (Å²) in [6.07, 6.45) is 3.10. The van der Waals surface area contributed by atoms with Crippen LogP contribution in [0.2, 0.25) is 0 Å². The summed E-state index contributed by atoms with van der Waals surface area (Å²) in [4.78, 5) is 25.1. The van der Waals surface area contributed by atoms with Gasteiger partial charge in [-0.2, -0.15) is 13.2 Å². The van der Waals surface area contributed by atoms with E-state index in [1.807, 2.05) is 4.98 Å². The molecule has 1 heterocycles. The lowest BCUT2D eigenvalue weighted by Gasteiger charge is -2.16. The molecule has 0 bridgehead atoms. The minimum absolute atomic E-state index is 0.146. The van der Waals surface area contributed by atoms with Crippen molar-refractivity contribution in [2.24, 2.45) is 0 Å². The lowest BCUT2D eigenvalue weighted by molar-refractivity contribution is -0.141. The summed E-state index contributed by atoms with van der Waals surface area (Å²) < 4.78 is 37.7. The predicted molar refractivity (Wildman–Crippen MR) is 75.7 cm³/mol. The molecule has 0 atom stereocenters. The molecule has 1 aromatic rings. The van der Waals surface area contributed by atoms with E-state index in [1.165, 1.54) is 12.8 Å². The van der Waals surface area contributed by atoms with Gasteiger partial charge in [0.1, 0.15) is 6.54 Å². The van der Waals surface area contributed by atoms with Gasteiger partial charge in [-0.15, -0.1) is 0 Å². The van der Waals surface area contributed by atoms with E-state index < -0.39 is 24.0 Å². The van der Waals surface area contributed by atoms with Crippen molar-refractivity contribution in [2.45, 2.75) is 63.8 Å². The van der Waals surface area contributed by atoms with E-state index in [1.54, 1.807) is 0 Å². The van der Waals surface area contributed by atoms with Crippen molar-refractivity contribution in [3.63, 3.8) is 0 Å². The van der Waals surface area contributed by atoms with Crippen molar-refractivity contribution >= 4 is 0 Å². The maximum atomic E-state index is 12.4. The van der Waals surface area contributed by atoms with Crippen molar-refractivity contribution in [3.8, 4) is 0 Å². The van der Waals surface area contributed by atoms with Crippen LogP contribution in [0, 0.1) is 0 Å². The van der Waals surface area contributed by atoms with Crippen LogP contribution in [0.5, 0.6) is 0 Å². The van der Waals surface area contributed by atoms with Gasteiger partial charge >= 0.3 is 11.9 Å². The summed E-state index contributed by atoms with van der Waals surface area (Å²) in [5, 5.41) is 3.21. The third-order valence-corrected chi connectivity index (χ3v) is 3.87. The Bertz CT molecular complexity index is 599. The van der Waals surface area contributed by atoms with Gasteiger partial charge in [-0.1, -0.05) is 25.7 Å². The lowest BCUT2D eigenvalue weighted by atomic mass is 10.1. The van der Waals surface area contributed by atoms with Gasteiger partial charge in [0.05, 0.1) is 0 Å². The molecule has 1 aliphatic rings. The van der Waals surface area contributed by atoms with Gasteiger partial charge < -0.3 is 5.32 Å². The van der Waals surface area contributed by atoms with Crippen LogP contribution >= 0.6 is 0 Å². The van der Waals surface area contributed by atoms with E-state index >= 15 is 0 Å². The van der Waals surface area contributed by atoms with E-state index in [4.69, 9.17) is 0 Å². The van der Waals surface area contributed by atoms with Crippen LogP contribution in [0.25, 0.3) is 0 Å². The average Bonchev–Trinajstić information content (AvgIpc) is 2.67. The number of aromatic amines is 1. The molecular formula is C14H20F3N3O2. The second-order valence-corrected chi connectivity index (χ2v) is 5.73. The van der Waals surface area contributed by atoms with Gasteiger partial charge in [-0.05, 0) is 12.8 Å². The molecule has 0 amide bonds. The molecule has 1 aromatic heterocycles. The Morgan fingerprint density at radius 2 is 1.82 bits per heavy atom. The summed E-state index contributed by atoms with van der Waals surface area (Å²) in [5.74, 6) is 0. The summed E-state index contributed by atoms with van der Waals surface area (Å²) in [5.41, 5.74) is -1.53. The highest BCUT2D eigenvalue weighted by atomic mass is 19.4. The van der Waals surface area contributed by atoms with Gasteiger partial charge in [0, 0.05) is 24.3 Å². The van der Waals surface area contributed by atoms with Crippen LogP contribution in [-0.2, 0) is 13.1 Å². The van der Waals surface area contributed by atoms with E-state index in [9.17, 15) is 22.8 Å². The van der Waals surface area contributed by atoms with Crippen molar-refractivity contribution in [1.29, 1.82) is 0 Å². The Balaban J connectivity index is 2.08. The van der Waals surface area contributed by atoms with Gasteiger partial charge in [0.2, 0.25) is 0 Å². The average molecular weight is 319 g/mol. The predicted octanol–water partition coefficient (Wildman–Crippen LogP) is 1.91. The molecule has 5 nitrogen and oxygen atoms in total. The van der Waals surface area contributed by atoms with E-state index in [2.05, 4.69) is 5.32 Å². The smallest absolute Gasteiger partial charge is 0.310 e. The van der Waals surface area contributed by atoms with Gasteiger partial charge in [-0.25, -0.2) is 4.79 Å². The Morgan fingerprint density at radius 1 is 1.18 bits per heavy atom. The SMILES string of the molecule is O=c1[nH]c(=O)n(CC(F)(F)F)cc1CNC1CCCCCC1. The number of nitrogens with one attached hydrogen (secondary N) is 2. The minimum atomic E-state index is -4.51. The molecule has 0 spiro atoms.